The molecule has 2 rings (SSSR count). The number of unbranched alkanes of at least 4 members (excludes halogenated alkanes) is 5. The van der Waals surface area contributed by atoms with E-state index in [1.807, 2.05) is 0 Å². The fraction of sp³-hybridized carbons (Fsp3) is 1.00. The zero-order valence-corrected chi connectivity index (χ0v) is 15.5. The van der Waals surface area contributed by atoms with Crippen LogP contribution in [0.2, 0.25) is 0 Å². The second-order valence-electron chi connectivity index (χ2n) is 7.16. The molecule has 4 unspecified atom stereocenters. The number of hydrogen-bond donors (Lipinski definition) is 0. The van der Waals surface area contributed by atoms with Gasteiger partial charge in [-0.2, -0.15) is 0 Å². The zero-order chi connectivity index (χ0) is 16.7. The third-order valence-corrected chi connectivity index (χ3v) is 5.79. The summed E-state index contributed by atoms with van der Waals surface area (Å²) in [6, 6.07) is 0. The molecule has 1 saturated heterocycles. The molecule has 0 aromatic carbocycles. The van der Waals surface area contributed by atoms with Crippen molar-refractivity contribution in [3.63, 3.8) is 0 Å². The van der Waals surface area contributed by atoms with Crippen molar-refractivity contribution in [1.29, 1.82) is 0 Å². The second kappa shape index (κ2) is 9.36. The molecule has 0 amide bonds. The molecular weight excluding hydrogens is 292 g/mol. The second-order valence-corrected chi connectivity index (χ2v) is 7.16. The molecular formula is C19H36O4. The van der Waals surface area contributed by atoms with Crippen molar-refractivity contribution in [3.05, 3.63) is 0 Å². The number of methoxy groups -OCH3 is 3. The van der Waals surface area contributed by atoms with Crippen molar-refractivity contribution in [2.75, 3.05) is 21.3 Å². The molecule has 0 bridgehead atoms. The summed E-state index contributed by atoms with van der Waals surface area (Å²) in [5, 5.41) is 0. The topological polar surface area (TPSA) is 40.2 Å². The van der Waals surface area contributed by atoms with Gasteiger partial charge >= 0.3 is 0 Å². The monoisotopic (exact) mass is 328 g/mol. The van der Waals surface area contributed by atoms with Gasteiger partial charge in [0.2, 0.25) is 0 Å². The Morgan fingerprint density at radius 1 is 0.913 bits per heavy atom. The minimum Gasteiger partial charge on any atom is -0.370 e. The van der Waals surface area contributed by atoms with E-state index < -0.39 is 5.97 Å². The Balaban J connectivity index is 1.90. The molecule has 4 atom stereocenters. The third-order valence-electron chi connectivity index (χ3n) is 5.79. The van der Waals surface area contributed by atoms with E-state index >= 15 is 0 Å². The van der Waals surface area contributed by atoms with Crippen LogP contribution in [0.25, 0.3) is 0 Å². The van der Waals surface area contributed by atoms with Gasteiger partial charge < -0.3 is 18.9 Å². The molecule has 0 aromatic rings. The number of rotatable bonds is 12. The van der Waals surface area contributed by atoms with Crippen molar-refractivity contribution in [3.8, 4) is 0 Å². The summed E-state index contributed by atoms with van der Waals surface area (Å²) in [7, 11) is 5.08. The minimum absolute atomic E-state index is 0.277. The van der Waals surface area contributed by atoms with Crippen LogP contribution in [-0.4, -0.2) is 39.5 Å². The SMILES string of the molecule is CCCCCCCCC(C1CCC2OC2C1)C(OC)(OC)OC. The molecule has 0 N–H and O–H groups in total. The summed E-state index contributed by atoms with van der Waals surface area (Å²) in [6.07, 6.45) is 13.5. The van der Waals surface area contributed by atoms with Crippen LogP contribution >= 0.6 is 0 Å². The Labute approximate surface area is 142 Å². The Kier molecular flexibility index (Phi) is 7.80. The van der Waals surface area contributed by atoms with Crippen LogP contribution in [0.1, 0.15) is 71.1 Å². The molecule has 4 nitrogen and oxygen atoms in total. The average molecular weight is 328 g/mol. The summed E-state index contributed by atoms with van der Waals surface area (Å²) in [5.41, 5.74) is 0. The molecule has 1 aliphatic carbocycles. The Morgan fingerprint density at radius 2 is 1.57 bits per heavy atom. The maximum Gasteiger partial charge on any atom is 0.285 e. The molecule has 2 fully saturated rings. The highest BCUT2D eigenvalue weighted by atomic mass is 16.9. The summed E-state index contributed by atoms with van der Waals surface area (Å²) in [4.78, 5) is 0. The van der Waals surface area contributed by atoms with E-state index in [0.717, 1.165) is 12.8 Å². The summed E-state index contributed by atoms with van der Waals surface area (Å²) in [6.45, 7) is 2.26. The largest absolute Gasteiger partial charge is 0.370 e. The standard InChI is InChI=1S/C19H36O4/c1-5-6-7-8-9-10-11-16(19(20-2,21-3)22-4)15-12-13-17-18(14-15)23-17/h15-18H,5-14H2,1-4H3. The first-order valence-electron chi connectivity index (χ1n) is 9.51. The van der Waals surface area contributed by atoms with Gasteiger partial charge in [-0.3, -0.25) is 0 Å². The van der Waals surface area contributed by atoms with Crippen molar-refractivity contribution in [2.45, 2.75) is 89.3 Å². The average Bonchev–Trinajstić information content (AvgIpc) is 3.36. The van der Waals surface area contributed by atoms with Gasteiger partial charge in [0, 0.05) is 27.2 Å². The smallest absolute Gasteiger partial charge is 0.285 e. The number of hydrogen-bond acceptors (Lipinski definition) is 4. The van der Waals surface area contributed by atoms with E-state index in [9.17, 15) is 0 Å². The van der Waals surface area contributed by atoms with Gasteiger partial charge in [-0.25, -0.2) is 0 Å². The first kappa shape index (κ1) is 19.2. The zero-order valence-electron chi connectivity index (χ0n) is 15.5. The molecule has 0 radical (unpaired) electrons. The predicted octanol–water partition coefficient (Wildman–Crippen LogP) is 4.51. The van der Waals surface area contributed by atoms with Crippen molar-refractivity contribution < 1.29 is 18.9 Å². The Bertz CT molecular complexity index is 321. The minimum atomic E-state index is -0.907. The summed E-state index contributed by atoms with van der Waals surface area (Å²) < 4.78 is 22.9. The third kappa shape index (κ3) is 4.91. The van der Waals surface area contributed by atoms with Crippen LogP contribution in [0, 0.1) is 11.8 Å². The Morgan fingerprint density at radius 3 is 2.17 bits per heavy atom. The summed E-state index contributed by atoms with van der Waals surface area (Å²) in [5.74, 6) is -0.0661. The van der Waals surface area contributed by atoms with E-state index in [-0.39, 0.29) is 5.92 Å². The van der Waals surface area contributed by atoms with E-state index in [1.165, 1.54) is 51.4 Å². The molecule has 1 saturated carbocycles. The fourth-order valence-electron chi connectivity index (χ4n) is 4.35. The van der Waals surface area contributed by atoms with Gasteiger partial charge in [0.05, 0.1) is 12.2 Å². The molecule has 2 aliphatic rings. The molecule has 0 spiro atoms. The highest BCUT2D eigenvalue weighted by Gasteiger charge is 2.51. The van der Waals surface area contributed by atoms with Crippen LogP contribution in [-0.2, 0) is 18.9 Å². The lowest BCUT2D eigenvalue weighted by molar-refractivity contribution is -0.387. The van der Waals surface area contributed by atoms with Gasteiger partial charge in [0.15, 0.2) is 0 Å². The maximum absolute atomic E-state index is 5.72. The number of fused-ring (bicyclic) bond motifs is 1. The van der Waals surface area contributed by atoms with Crippen LogP contribution in [0.4, 0.5) is 0 Å². The lowest BCUT2D eigenvalue weighted by atomic mass is 9.76. The molecule has 136 valence electrons. The van der Waals surface area contributed by atoms with Gasteiger partial charge in [0.1, 0.15) is 0 Å². The number of ether oxygens (including phenoxy) is 4. The van der Waals surface area contributed by atoms with E-state index in [4.69, 9.17) is 18.9 Å². The van der Waals surface area contributed by atoms with E-state index in [1.54, 1.807) is 21.3 Å². The Hall–Kier alpha value is -0.160. The molecule has 1 heterocycles. The highest BCUT2D eigenvalue weighted by Crippen LogP contribution is 2.47. The summed E-state index contributed by atoms with van der Waals surface area (Å²) >= 11 is 0. The highest BCUT2D eigenvalue weighted by molar-refractivity contribution is 4.95. The van der Waals surface area contributed by atoms with Crippen LogP contribution in [0.3, 0.4) is 0 Å². The quantitative estimate of drug-likeness (QED) is 0.300. The van der Waals surface area contributed by atoms with Crippen molar-refractivity contribution >= 4 is 0 Å². The van der Waals surface area contributed by atoms with Crippen LogP contribution in [0.5, 0.6) is 0 Å². The first-order valence-corrected chi connectivity index (χ1v) is 9.51. The molecule has 0 aromatic heterocycles. The normalized spacial score (nSPS) is 28.4. The van der Waals surface area contributed by atoms with Crippen LogP contribution < -0.4 is 0 Å². The first-order chi connectivity index (χ1) is 11.2. The van der Waals surface area contributed by atoms with Crippen LogP contribution in [0.15, 0.2) is 0 Å². The fourth-order valence-corrected chi connectivity index (χ4v) is 4.35. The van der Waals surface area contributed by atoms with Crippen molar-refractivity contribution in [2.24, 2.45) is 11.8 Å². The van der Waals surface area contributed by atoms with E-state index in [2.05, 4.69) is 6.92 Å². The molecule has 23 heavy (non-hydrogen) atoms. The van der Waals surface area contributed by atoms with Gasteiger partial charge in [0.25, 0.3) is 5.97 Å². The lowest BCUT2D eigenvalue weighted by Gasteiger charge is -2.41. The van der Waals surface area contributed by atoms with Gasteiger partial charge in [-0.05, 0) is 31.6 Å². The number of epoxide rings is 1. The van der Waals surface area contributed by atoms with Crippen molar-refractivity contribution in [1.82, 2.24) is 0 Å². The molecule has 4 heteroatoms. The van der Waals surface area contributed by atoms with Gasteiger partial charge in [-0.1, -0.05) is 45.4 Å². The molecule has 1 aliphatic heterocycles. The lowest BCUT2D eigenvalue weighted by Crippen LogP contribution is -2.48. The van der Waals surface area contributed by atoms with E-state index in [0.29, 0.717) is 18.1 Å². The maximum atomic E-state index is 5.72. The van der Waals surface area contributed by atoms with Gasteiger partial charge in [-0.15, -0.1) is 0 Å². The predicted molar refractivity (Wildman–Crippen MR) is 91.2 cm³/mol.